The van der Waals surface area contributed by atoms with Crippen molar-refractivity contribution in [2.45, 2.75) is 44.2 Å². The maximum absolute atomic E-state index is 11.7. The number of carboxylic acids is 3. The van der Waals surface area contributed by atoms with Crippen LogP contribution in [-0.2, 0) is 14.4 Å². The molecule has 6 N–H and O–H groups in total. The van der Waals surface area contributed by atoms with Gasteiger partial charge in [0.15, 0.2) is 0 Å². The number of carbonyl (C=O) groups is 4. The van der Waals surface area contributed by atoms with E-state index in [0.29, 0.717) is 13.0 Å². The molecule has 0 radical (unpaired) electrons. The molecule has 23 heavy (non-hydrogen) atoms. The van der Waals surface area contributed by atoms with E-state index in [1.165, 1.54) is 0 Å². The highest BCUT2D eigenvalue weighted by atomic mass is 127. The maximum atomic E-state index is 11.7. The summed E-state index contributed by atoms with van der Waals surface area (Å²) in [6, 6.07) is -3.50. The van der Waals surface area contributed by atoms with Crippen molar-refractivity contribution in [1.82, 2.24) is 14.2 Å². The summed E-state index contributed by atoms with van der Waals surface area (Å²) in [6.07, 6.45) is 0.773. The number of aliphatic carboxylic acids is 3. The molecule has 0 saturated heterocycles. The molecule has 0 fully saturated rings. The van der Waals surface area contributed by atoms with Crippen molar-refractivity contribution in [2.24, 2.45) is 0 Å². The quantitative estimate of drug-likeness (QED) is 0.141. The molecular weight excluding hydrogens is 425 g/mol. The molecule has 10 nitrogen and oxygen atoms in total. The first kappa shape index (κ1) is 21.4. The van der Waals surface area contributed by atoms with Crippen LogP contribution in [0.2, 0.25) is 0 Å². The Labute approximate surface area is 146 Å². The summed E-state index contributed by atoms with van der Waals surface area (Å²) in [5.74, 6) is -3.80. The fraction of sp³-hybridized carbons (Fsp3) is 0.667. The smallest absolute Gasteiger partial charge is 0.326 e. The zero-order valence-corrected chi connectivity index (χ0v) is 14.4. The Morgan fingerprint density at radius 2 is 1.39 bits per heavy atom. The standard InChI is InChI=1S/C12H20IN3O7/c13-14-6-2-1-3-7(10(19)20)15-12(23)16-8(11(21)22)4-5-9(17)18/h7-8,14H,1-6H2,(H,17,18)(H,19,20)(H,21,22)(H2,15,16,23)/t7-,8-/m0/s1. The predicted octanol–water partition coefficient (Wildman–Crippen LogP) is 0.167. The molecule has 0 rings (SSSR count). The van der Waals surface area contributed by atoms with Crippen molar-refractivity contribution in [3.8, 4) is 0 Å². The summed E-state index contributed by atoms with van der Waals surface area (Å²) in [5, 5.41) is 30.7. The number of nitrogens with one attached hydrogen (secondary N) is 3. The van der Waals surface area contributed by atoms with Gasteiger partial charge >= 0.3 is 23.9 Å². The molecule has 0 aliphatic heterocycles. The number of carbonyl (C=O) groups excluding carboxylic acids is 1. The van der Waals surface area contributed by atoms with E-state index in [1.54, 1.807) is 0 Å². The first-order chi connectivity index (χ1) is 10.8. The highest BCUT2D eigenvalue weighted by Crippen LogP contribution is 2.03. The zero-order chi connectivity index (χ0) is 17.8. The highest BCUT2D eigenvalue weighted by molar-refractivity contribution is 14.1. The van der Waals surface area contributed by atoms with E-state index in [0.717, 1.165) is 6.42 Å². The lowest BCUT2D eigenvalue weighted by Gasteiger charge is -2.18. The van der Waals surface area contributed by atoms with Crippen LogP contribution in [-0.4, -0.2) is 57.9 Å². The molecule has 0 saturated carbocycles. The number of unbranched alkanes of at least 4 members (excludes halogenated alkanes) is 1. The largest absolute Gasteiger partial charge is 0.481 e. The van der Waals surface area contributed by atoms with E-state index in [9.17, 15) is 19.2 Å². The van der Waals surface area contributed by atoms with Crippen molar-refractivity contribution < 1.29 is 34.5 Å². The second-order valence-corrected chi connectivity index (χ2v) is 5.47. The van der Waals surface area contributed by atoms with Crippen LogP contribution in [0.15, 0.2) is 0 Å². The second kappa shape index (κ2) is 11.9. The summed E-state index contributed by atoms with van der Waals surface area (Å²) >= 11 is 1.97. The number of halogens is 1. The zero-order valence-electron chi connectivity index (χ0n) is 12.2. The van der Waals surface area contributed by atoms with E-state index < -0.39 is 42.4 Å². The van der Waals surface area contributed by atoms with Gasteiger partial charge in [-0.2, -0.15) is 0 Å². The molecule has 0 aliphatic carbocycles. The highest BCUT2D eigenvalue weighted by Gasteiger charge is 2.24. The second-order valence-electron chi connectivity index (χ2n) is 4.71. The van der Waals surface area contributed by atoms with Gasteiger partial charge in [0.05, 0.1) is 0 Å². The third-order valence-electron chi connectivity index (χ3n) is 2.87. The van der Waals surface area contributed by atoms with Crippen molar-refractivity contribution in [2.75, 3.05) is 6.54 Å². The number of amides is 2. The van der Waals surface area contributed by atoms with Gasteiger partial charge in [0, 0.05) is 35.8 Å². The van der Waals surface area contributed by atoms with Crippen molar-refractivity contribution in [3.05, 3.63) is 0 Å². The molecule has 2 amide bonds. The van der Waals surface area contributed by atoms with Crippen LogP contribution in [0.25, 0.3) is 0 Å². The number of hydrogen-bond acceptors (Lipinski definition) is 5. The van der Waals surface area contributed by atoms with Crippen LogP contribution >= 0.6 is 22.9 Å². The van der Waals surface area contributed by atoms with Gasteiger partial charge in [-0.25, -0.2) is 14.4 Å². The van der Waals surface area contributed by atoms with Crippen molar-refractivity contribution >= 4 is 46.8 Å². The van der Waals surface area contributed by atoms with Gasteiger partial charge in [-0.3, -0.25) is 8.32 Å². The molecule has 0 aromatic rings. The molecule has 132 valence electrons. The third-order valence-corrected chi connectivity index (χ3v) is 3.41. The van der Waals surface area contributed by atoms with Crippen LogP contribution < -0.4 is 14.2 Å². The van der Waals surface area contributed by atoms with E-state index >= 15 is 0 Å². The Morgan fingerprint density at radius 1 is 0.870 bits per heavy atom. The van der Waals surface area contributed by atoms with Crippen LogP contribution in [0.5, 0.6) is 0 Å². The molecule has 0 unspecified atom stereocenters. The monoisotopic (exact) mass is 445 g/mol. The summed E-state index contributed by atoms with van der Waals surface area (Å²) in [4.78, 5) is 44.2. The topological polar surface area (TPSA) is 165 Å². The van der Waals surface area contributed by atoms with E-state index in [-0.39, 0.29) is 12.8 Å². The molecule has 2 atom stereocenters. The first-order valence-electron chi connectivity index (χ1n) is 6.85. The molecule has 0 heterocycles. The number of urea groups is 1. The Hall–Kier alpha value is -1.63. The summed E-state index contributed by atoms with van der Waals surface area (Å²) in [5.41, 5.74) is 0. The number of rotatable bonds is 12. The van der Waals surface area contributed by atoms with Gasteiger partial charge in [0.2, 0.25) is 0 Å². The van der Waals surface area contributed by atoms with E-state index in [1.807, 2.05) is 22.9 Å². The minimum absolute atomic E-state index is 0.202. The fourth-order valence-corrected chi connectivity index (χ4v) is 2.06. The average molecular weight is 445 g/mol. The molecule has 0 aromatic heterocycles. The number of carboxylic acid groups (broad SMARTS) is 3. The van der Waals surface area contributed by atoms with Gasteiger partial charge in [0.25, 0.3) is 0 Å². The summed E-state index contributed by atoms with van der Waals surface area (Å²) in [6.45, 7) is 0.704. The van der Waals surface area contributed by atoms with Gasteiger partial charge in [-0.15, -0.1) is 0 Å². The lowest BCUT2D eigenvalue weighted by Crippen LogP contribution is -2.51. The van der Waals surface area contributed by atoms with Crippen LogP contribution in [0, 0.1) is 0 Å². The predicted molar refractivity (Wildman–Crippen MR) is 87.3 cm³/mol. The summed E-state index contributed by atoms with van der Waals surface area (Å²) < 4.78 is 2.88. The Bertz CT molecular complexity index is 433. The SMILES string of the molecule is O=C(O)CC[C@H](NC(=O)N[C@@H](CCCCNI)C(=O)O)C(=O)O. The van der Waals surface area contributed by atoms with Crippen LogP contribution in [0.3, 0.4) is 0 Å². The maximum Gasteiger partial charge on any atom is 0.326 e. The van der Waals surface area contributed by atoms with Gasteiger partial charge in [-0.1, -0.05) is 0 Å². The minimum atomic E-state index is -1.40. The van der Waals surface area contributed by atoms with Crippen molar-refractivity contribution in [1.29, 1.82) is 0 Å². The van der Waals surface area contributed by atoms with Crippen LogP contribution in [0.1, 0.15) is 32.1 Å². The minimum Gasteiger partial charge on any atom is -0.481 e. The normalized spacial score (nSPS) is 12.9. The van der Waals surface area contributed by atoms with Crippen LogP contribution in [0.4, 0.5) is 4.79 Å². The molecule has 0 aromatic carbocycles. The van der Waals surface area contributed by atoms with E-state index in [2.05, 4.69) is 14.2 Å². The molecule has 0 aliphatic rings. The Balaban J connectivity index is 4.44. The average Bonchev–Trinajstić information content (AvgIpc) is 2.45. The van der Waals surface area contributed by atoms with Gasteiger partial charge in [0.1, 0.15) is 12.1 Å². The summed E-state index contributed by atoms with van der Waals surface area (Å²) in [7, 11) is 0. The third kappa shape index (κ3) is 10.7. The fourth-order valence-electron chi connectivity index (χ4n) is 1.68. The number of hydrogen-bond donors (Lipinski definition) is 6. The molecule has 11 heteroatoms. The van der Waals surface area contributed by atoms with Gasteiger partial charge < -0.3 is 26.0 Å². The molecule has 0 bridgehead atoms. The molecule has 0 spiro atoms. The van der Waals surface area contributed by atoms with E-state index in [4.69, 9.17) is 15.3 Å². The van der Waals surface area contributed by atoms with Crippen molar-refractivity contribution in [3.63, 3.8) is 0 Å². The Morgan fingerprint density at radius 3 is 1.83 bits per heavy atom. The van der Waals surface area contributed by atoms with Gasteiger partial charge in [-0.05, 0) is 25.7 Å². The molecular formula is C12H20IN3O7. The lowest BCUT2D eigenvalue weighted by molar-refractivity contribution is -0.140. The lowest BCUT2D eigenvalue weighted by atomic mass is 10.1. The Kier molecular flexibility index (Phi) is 11.0. The first-order valence-corrected chi connectivity index (χ1v) is 7.93.